The number of hydrogen-bond donors (Lipinski definition) is 4. The molecule has 0 radical (unpaired) electrons. The Labute approximate surface area is 224 Å². The van der Waals surface area contributed by atoms with Gasteiger partial charge >= 0.3 is 0 Å². The molecule has 2 amide bonds. The Hall–Kier alpha value is -3.30. The van der Waals surface area contributed by atoms with E-state index in [0.717, 1.165) is 43.2 Å². The van der Waals surface area contributed by atoms with Crippen molar-refractivity contribution in [2.45, 2.75) is 57.5 Å². The lowest BCUT2D eigenvalue weighted by Gasteiger charge is -2.26. The summed E-state index contributed by atoms with van der Waals surface area (Å²) in [6.45, 7) is 1.17. The second-order valence-electron chi connectivity index (χ2n) is 9.95. The largest absolute Gasteiger partial charge is 0.493 e. The molecule has 0 bridgehead atoms. The summed E-state index contributed by atoms with van der Waals surface area (Å²) in [4.78, 5) is 24.9. The van der Waals surface area contributed by atoms with E-state index in [4.69, 9.17) is 14.2 Å². The van der Waals surface area contributed by atoms with Crippen LogP contribution < -0.4 is 30.2 Å². The quantitative estimate of drug-likeness (QED) is 0.312. The SMILES string of the molecule is COc1ccc(CCNCC(O)COc2ccc(NC(=O)C3CCCCC3)c3c2CCC(=O)N3)cc1OC. The zero-order valence-corrected chi connectivity index (χ0v) is 22.3. The molecule has 4 N–H and O–H groups in total. The Balaban J connectivity index is 1.29. The number of hydrogen-bond acceptors (Lipinski definition) is 7. The van der Waals surface area contributed by atoms with Crippen LogP contribution in [0.1, 0.15) is 49.7 Å². The minimum absolute atomic E-state index is 0.00923. The van der Waals surface area contributed by atoms with Crippen LogP contribution in [0.5, 0.6) is 17.2 Å². The van der Waals surface area contributed by atoms with Gasteiger partial charge in [0, 0.05) is 24.4 Å². The monoisotopic (exact) mass is 525 g/mol. The summed E-state index contributed by atoms with van der Waals surface area (Å²) in [5.74, 6) is 1.94. The number of nitrogens with one attached hydrogen (secondary N) is 3. The van der Waals surface area contributed by atoms with E-state index in [0.29, 0.717) is 54.6 Å². The van der Waals surface area contributed by atoms with Gasteiger partial charge in [-0.15, -0.1) is 0 Å². The minimum Gasteiger partial charge on any atom is -0.493 e. The van der Waals surface area contributed by atoms with Gasteiger partial charge in [0.05, 0.1) is 25.6 Å². The minimum atomic E-state index is -0.708. The van der Waals surface area contributed by atoms with E-state index in [1.165, 1.54) is 6.42 Å². The van der Waals surface area contributed by atoms with Crippen LogP contribution in [0.2, 0.25) is 0 Å². The zero-order chi connectivity index (χ0) is 26.9. The fourth-order valence-electron chi connectivity index (χ4n) is 5.08. The summed E-state index contributed by atoms with van der Waals surface area (Å²) in [5, 5.41) is 19.7. The first-order chi connectivity index (χ1) is 18.5. The van der Waals surface area contributed by atoms with E-state index in [-0.39, 0.29) is 24.3 Å². The molecule has 1 aliphatic carbocycles. The molecule has 1 saturated carbocycles. The lowest BCUT2D eigenvalue weighted by atomic mass is 9.88. The van der Waals surface area contributed by atoms with Gasteiger partial charge in [0.1, 0.15) is 18.5 Å². The maximum atomic E-state index is 12.8. The molecule has 0 saturated heterocycles. The fraction of sp³-hybridized carbons (Fsp3) is 0.517. The van der Waals surface area contributed by atoms with E-state index < -0.39 is 6.10 Å². The summed E-state index contributed by atoms with van der Waals surface area (Å²) < 4.78 is 16.6. The number of amides is 2. The molecule has 4 rings (SSSR count). The molecule has 1 unspecified atom stereocenters. The first kappa shape index (κ1) is 27.7. The number of aliphatic hydroxyl groups is 1. The second-order valence-corrected chi connectivity index (χ2v) is 9.95. The number of anilines is 2. The van der Waals surface area contributed by atoms with E-state index in [1.54, 1.807) is 20.3 Å². The normalized spacial score (nSPS) is 16.2. The van der Waals surface area contributed by atoms with Crippen molar-refractivity contribution >= 4 is 23.2 Å². The molecular formula is C29H39N3O6. The van der Waals surface area contributed by atoms with Crippen molar-refractivity contribution in [3.63, 3.8) is 0 Å². The molecule has 38 heavy (non-hydrogen) atoms. The molecule has 9 heteroatoms. The summed E-state index contributed by atoms with van der Waals surface area (Å²) in [6, 6.07) is 9.40. The second kappa shape index (κ2) is 13.5. The number of fused-ring (bicyclic) bond motifs is 1. The lowest BCUT2D eigenvalue weighted by Crippen LogP contribution is -2.33. The van der Waals surface area contributed by atoms with E-state index in [2.05, 4.69) is 16.0 Å². The van der Waals surface area contributed by atoms with Gasteiger partial charge in [-0.3, -0.25) is 9.59 Å². The molecule has 1 aliphatic heterocycles. The highest BCUT2D eigenvalue weighted by Crippen LogP contribution is 2.38. The molecular weight excluding hydrogens is 486 g/mol. The van der Waals surface area contributed by atoms with Crippen LogP contribution in [-0.4, -0.2) is 56.9 Å². The highest BCUT2D eigenvalue weighted by atomic mass is 16.5. The Morgan fingerprint density at radius 2 is 1.82 bits per heavy atom. The molecule has 206 valence electrons. The van der Waals surface area contributed by atoms with Gasteiger partial charge < -0.3 is 35.3 Å². The molecule has 9 nitrogen and oxygen atoms in total. The molecule has 2 aromatic rings. The Bertz CT molecular complexity index is 1120. The van der Waals surface area contributed by atoms with Gasteiger partial charge in [-0.05, 0) is 62.1 Å². The third-order valence-electron chi connectivity index (χ3n) is 7.22. The van der Waals surface area contributed by atoms with Gasteiger partial charge in [0.15, 0.2) is 11.5 Å². The van der Waals surface area contributed by atoms with E-state index in [1.807, 2.05) is 24.3 Å². The van der Waals surface area contributed by atoms with Gasteiger partial charge in [0.2, 0.25) is 11.8 Å². The average Bonchev–Trinajstić information content (AvgIpc) is 2.95. The van der Waals surface area contributed by atoms with Crippen LogP contribution in [0.3, 0.4) is 0 Å². The summed E-state index contributed by atoms with van der Waals surface area (Å²) in [7, 11) is 3.22. The average molecular weight is 526 g/mol. The van der Waals surface area contributed by atoms with Crippen molar-refractivity contribution in [1.29, 1.82) is 0 Å². The van der Waals surface area contributed by atoms with Crippen LogP contribution >= 0.6 is 0 Å². The summed E-state index contributed by atoms with van der Waals surface area (Å²) >= 11 is 0. The number of ether oxygens (including phenoxy) is 3. The molecule has 2 aliphatic rings. The topological polar surface area (TPSA) is 118 Å². The maximum Gasteiger partial charge on any atom is 0.227 e. The molecule has 1 atom stereocenters. The van der Waals surface area contributed by atoms with Gasteiger partial charge in [-0.2, -0.15) is 0 Å². The summed E-state index contributed by atoms with van der Waals surface area (Å²) in [5.41, 5.74) is 3.16. The van der Waals surface area contributed by atoms with Crippen molar-refractivity contribution in [3.8, 4) is 17.2 Å². The number of aliphatic hydroxyl groups excluding tert-OH is 1. The van der Waals surface area contributed by atoms with Crippen molar-refractivity contribution in [1.82, 2.24) is 5.32 Å². The van der Waals surface area contributed by atoms with Crippen molar-refractivity contribution in [3.05, 3.63) is 41.5 Å². The van der Waals surface area contributed by atoms with Gasteiger partial charge in [-0.25, -0.2) is 0 Å². The first-order valence-corrected chi connectivity index (χ1v) is 13.5. The molecule has 1 heterocycles. The van der Waals surface area contributed by atoms with E-state index >= 15 is 0 Å². The number of methoxy groups -OCH3 is 2. The number of carbonyl (C=O) groups excluding carboxylic acids is 2. The third kappa shape index (κ3) is 7.17. The van der Waals surface area contributed by atoms with Crippen molar-refractivity contribution in [2.75, 3.05) is 44.5 Å². The standard InChI is InChI=1S/C29H39N3O6/c1-36-25-11-8-19(16-26(25)37-2)14-15-30-17-21(33)18-38-24-12-10-23(28-22(24)9-13-27(34)32-28)31-29(35)20-6-4-3-5-7-20/h8,10-12,16,20-21,30,33H,3-7,9,13-15,17-18H2,1-2H3,(H,31,35)(H,32,34). The number of benzene rings is 2. The number of carbonyl (C=O) groups is 2. The maximum absolute atomic E-state index is 12.8. The van der Waals surface area contributed by atoms with Crippen LogP contribution in [0.15, 0.2) is 30.3 Å². The zero-order valence-electron chi connectivity index (χ0n) is 22.3. The molecule has 1 fully saturated rings. The smallest absolute Gasteiger partial charge is 0.227 e. The summed E-state index contributed by atoms with van der Waals surface area (Å²) in [6.07, 6.45) is 6.08. The van der Waals surface area contributed by atoms with Gasteiger partial charge in [0.25, 0.3) is 0 Å². The van der Waals surface area contributed by atoms with E-state index in [9.17, 15) is 14.7 Å². The number of rotatable bonds is 12. The Morgan fingerprint density at radius 1 is 1.05 bits per heavy atom. The van der Waals surface area contributed by atoms with Crippen LogP contribution in [0, 0.1) is 5.92 Å². The molecule has 2 aromatic carbocycles. The van der Waals surface area contributed by atoms with Crippen molar-refractivity contribution in [2.24, 2.45) is 5.92 Å². The highest BCUT2D eigenvalue weighted by molar-refractivity contribution is 6.03. The molecule has 0 spiro atoms. The first-order valence-electron chi connectivity index (χ1n) is 13.5. The predicted octanol–water partition coefficient (Wildman–Crippen LogP) is 3.68. The van der Waals surface area contributed by atoms with Crippen molar-refractivity contribution < 1.29 is 28.9 Å². The molecule has 0 aromatic heterocycles. The lowest BCUT2D eigenvalue weighted by molar-refractivity contribution is -0.120. The third-order valence-corrected chi connectivity index (χ3v) is 7.22. The Kier molecular flexibility index (Phi) is 9.84. The predicted molar refractivity (Wildman–Crippen MR) is 146 cm³/mol. The highest BCUT2D eigenvalue weighted by Gasteiger charge is 2.26. The van der Waals surface area contributed by atoms with Crippen LogP contribution in [0.25, 0.3) is 0 Å². The fourth-order valence-corrected chi connectivity index (χ4v) is 5.08. The Morgan fingerprint density at radius 3 is 2.58 bits per heavy atom. The van der Waals surface area contributed by atoms with Crippen LogP contribution in [-0.2, 0) is 22.4 Å². The van der Waals surface area contributed by atoms with Crippen LogP contribution in [0.4, 0.5) is 11.4 Å². The van der Waals surface area contributed by atoms with Gasteiger partial charge in [-0.1, -0.05) is 25.3 Å².